The quantitative estimate of drug-likeness (QED) is 0.566. The molecule has 1 amide bonds. The molecule has 1 atom stereocenters. The number of fused-ring (bicyclic) bond motifs is 1. The van der Waals surface area contributed by atoms with Crippen LogP contribution in [-0.4, -0.2) is 43.7 Å². The molecule has 1 aliphatic heterocycles. The van der Waals surface area contributed by atoms with Crippen LogP contribution >= 0.6 is 11.8 Å². The Morgan fingerprint density at radius 1 is 1.21 bits per heavy atom. The van der Waals surface area contributed by atoms with E-state index in [4.69, 9.17) is 0 Å². The van der Waals surface area contributed by atoms with E-state index in [0.29, 0.717) is 28.4 Å². The molecular formula is C21H28N4O2S. The van der Waals surface area contributed by atoms with Gasteiger partial charge in [-0.1, -0.05) is 18.7 Å². The number of hydrogen-bond donors (Lipinski definition) is 0. The van der Waals surface area contributed by atoms with E-state index in [-0.39, 0.29) is 11.5 Å². The second kappa shape index (κ2) is 7.85. The van der Waals surface area contributed by atoms with E-state index >= 15 is 0 Å². The number of piperidine rings is 1. The Morgan fingerprint density at radius 2 is 2.00 bits per heavy atom. The van der Waals surface area contributed by atoms with Gasteiger partial charge in [0.25, 0.3) is 5.56 Å². The van der Waals surface area contributed by atoms with Crippen LogP contribution in [0.3, 0.4) is 0 Å². The fourth-order valence-corrected chi connectivity index (χ4v) is 5.21. The van der Waals surface area contributed by atoms with Crippen LogP contribution in [0.5, 0.6) is 0 Å². The van der Waals surface area contributed by atoms with E-state index in [1.807, 2.05) is 24.8 Å². The summed E-state index contributed by atoms with van der Waals surface area (Å²) in [5.74, 6) is 0.480. The second-order valence-corrected chi connectivity index (χ2v) is 8.96. The molecule has 0 radical (unpaired) electrons. The molecule has 6 nitrogen and oxygen atoms in total. The topological polar surface area (TPSA) is 68.1 Å². The number of pyridine rings is 1. The van der Waals surface area contributed by atoms with Gasteiger partial charge in [0.05, 0.1) is 11.1 Å². The summed E-state index contributed by atoms with van der Waals surface area (Å²) < 4.78 is 2.10. The van der Waals surface area contributed by atoms with E-state index in [1.165, 1.54) is 18.2 Å². The van der Waals surface area contributed by atoms with Gasteiger partial charge in [-0.2, -0.15) is 4.98 Å². The first-order chi connectivity index (χ1) is 13.5. The Morgan fingerprint density at radius 3 is 2.71 bits per heavy atom. The first kappa shape index (κ1) is 19.4. The number of aryl methyl sites for hydroxylation is 2. The highest BCUT2D eigenvalue weighted by molar-refractivity contribution is 7.99. The maximum absolute atomic E-state index is 12.9. The predicted octanol–water partition coefficient (Wildman–Crippen LogP) is 3.63. The highest BCUT2D eigenvalue weighted by atomic mass is 32.2. The summed E-state index contributed by atoms with van der Waals surface area (Å²) in [7, 11) is 0. The van der Waals surface area contributed by atoms with Crippen molar-refractivity contribution in [3.8, 4) is 0 Å². The van der Waals surface area contributed by atoms with Crippen molar-refractivity contribution in [2.24, 2.45) is 0 Å². The molecule has 1 saturated heterocycles. The van der Waals surface area contributed by atoms with Gasteiger partial charge in [-0.05, 0) is 64.0 Å². The number of aromatic nitrogens is 3. The van der Waals surface area contributed by atoms with Crippen molar-refractivity contribution in [3.63, 3.8) is 0 Å². The normalized spacial score (nSPS) is 20.0. The molecule has 2 aliphatic rings. The molecule has 0 aromatic carbocycles. The Kier molecular flexibility index (Phi) is 5.45. The van der Waals surface area contributed by atoms with E-state index in [1.54, 1.807) is 0 Å². The zero-order chi connectivity index (χ0) is 19.8. The summed E-state index contributed by atoms with van der Waals surface area (Å²) in [5, 5.41) is 1.24. The van der Waals surface area contributed by atoms with Gasteiger partial charge in [0.2, 0.25) is 5.91 Å². The Balaban J connectivity index is 1.65. The number of amides is 1. The molecule has 0 bridgehead atoms. The first-order valence-corrected chi connectivity index (χ1v) is 11.3. The summed E-state index contributed by atoms with van der Waals surface area (Å²) in [5.41, 5.74) is 2.30. The predicted molar refractivity (Wildman–Crippen MR) is 112 cm³/mol. The molecule has 150 valence electrons. The number of nitrogens with zero attached hydrogens (tertiary/aromatic N) is 4. The molecule has 3 heterocycles. The number of carbonyl (C=O) groups is 1. The van der Waals surface area contributed by atoms with Crippen molar-refractivity contribution in [2.45, 2.75) is 76.5 Å². The lowest BCUT2D eigenvalue weighted by atomic mass is 10.0. The van der Waals surface area contributed by atoms with Crippen LogP contribution in [0.25, 0.3) is 11.0 Å². The standard InChI is InChI=1S/C21H28N4O2S/c1-4-15-7-5-6-10-24(15)17(26)12-28-21-23-20(27)18-13(2)11-14(3)22-19(18)25(21)16-8-9-16/h11,15-16H,4-10,12H2,1-3H3/t15-/m0/s1. The third-order valence-electron chi connectivity index (χ3n) is 5.83. The van der Waals surface area contributed by atoms with Crippen LogP contribution in [0.4, 0.5) is 0 Å². The van der Waals surface area contributed by atoms with Crippen molar-refractivity contribution in [2.75, 3.05) is 12.3 Å². The number of rotatable bonds is 5. The Bertz CT molecular complexity index is 967. The average Bonchev–Trinajstić information content (AvgIpc) is 3.50. The van der Waals surface area contributed by atoms with E-state index in [0.717, 1.165) is 55.6 Å². The number of carbonyl (C=O) groups excluding carboxylic acids is 1. The van der Waals surface area contributed by atoms with Gasteiger partial charge in [0.1, 0.15) is 5.65 Å². The molecule has 1 aliphatic carbocycles. The number of hydrogen-bond acceptors (Lipinski definition) is 5. The van der Waals surface area contributed by atoms with Crippen LogP contribution in [0.2, 0.25) is 0 Å². The fourth-order valence-electron chi connectivity index (χ4n) is 4.27. The zero-order valence-electron chi connectivity index (χ0n) is 16.9. The van der Waals surface area contributed by atoms with Gasteiger partial charge in [0, 0.05) is 24.3 Å². The van der Waals surface area contributed by atoms with E-state index in [9.17, 15) is 9.59 Å². The van der Waals surface area contributed by atoms with E-state index in [2.05, 4.69) is 21.5 Å². The van der Waals surface area contributed by atoms with Crippen molar-refractivity contribution in [3.05, 3.63) is 27.7 Å². The monoisotopic (exact) mass is 400 g/mol. The molecule has 0 N–H and O–H groups in total. The summed E-state index contributed by atoms with van der Waals surface area (Å²) in [4.78, 5) is 36.6. The molecule has 1 saturated carbocycles. The smallest absolute Gasteiger partial charge is 0.283 e. The van der Waals surface area contributed by atoms with Gasteiger partial charge < -0.3 is 9.47 Å². The molecule has 0 spiro atoms. The molecule has 28 heavy (non-hydrogen) atoms. The van der Waals surface area contributed by atoms with Gasteiger partial charge >= 0.3 is 0 Å². The molecular weight excluding hydrogens is 372 g/mol. The molecule has 2 fully saturated rings. The largest absolute Gasteiger partial charge is 0.339 e. The van der Waals surface area contributed by atoms with Crippen molar-refractivity contribution >= 4 is 28.7 Å². The number of likely N-dealkylation sites (tertiary alicyclic amines) is 1. The van der Waals surface area contributed by atoms with Crippen molar-refractivity contribution < 1.29 is 4.79 Å². The number of thioether (sulfide) groups is 1. The van der Waals surface area contributed by atoms with Crippen LogP contribution in [0.1, 0.15) is 62.7 Å². The Hall–Kier alpha value is -1.89. The Labute approximate surface area is 169 Å². The average molecular weight is 401 g/mol. The minimum Gasteiger partial charge on any atom is -0.339 e. The lowest BCUT2D eigenvalue weighted by Crippen LogP contribution is -2.44. The van der Waals surface area contributed by atoms with Gasteiger partial charge in [0.15, 0.2) is 5.16 Å². The van der Waals surface area contributed by atoms with Crippen LogP contribution in [0, 0.1) is 13.8 Å². The molecule has 0 unspecified atom stereocenters. The van der Waals surface area contributed by atoms with Gasteiger partial charge in [-0.15, -0.1) is 0 Å². The molecule has 2 aromatic rings. The maximum atomic E-state index is 12.9. The third-order valence-corrected chi connectivity index (χ3v) is 6.76. The minimum absolute atomic E-state index is 0.154. The summed E-state index contributed by atoms with van der Waals surface area (Å²) in [6, 6.07) is 2.62. The lowest BCUT2D eigenvalue weighted by Gasteiger charge is -2.35. The highest BCUT2D eigenvalue weighted by Crippen LogP contribution is 2.39. The summed E-state index contributed by atoms with van der Waals surface area (Å²) in [6.45, 7) is 6.88. The van der Waals surface area contributed by atoms with Crippen LogP contribution < -0.4 is 5.56 Å². The summed E-state index contributed by atoms with van der Waals surface area (Å²) >= 11 is 1.39. The van der Waals surface area contributed by atoms with E-state index < -0.39 is 0 Å². The first-order valence-electron chi connectivity index (χ1n) is 10.3. The van der Waals surface area contributed by atoms with Gasteiger partial charge in [-0.3, -0.25) is 9.59 Å². The molecule has 2 aromatic heterocycles. The second-order valence-electron chi connectivity index (χ2n) is 8.01. The molecule has 4 rings (SSSR count). The van der Waals surface area contributed by atoms with Gasteiger partial charge in [-0.25, -0.2) is 4.98 Å². The summed E-state index contributed by atoms with van der Waals surface area (Å²) in [6.07, 6.45) is 6.51. The zero-order valence-corrected chi connectivity index (χ0v) is 17.7. The van der Waals surface area contributed by atoms with Crippen LogP contribution in [0.15, 0.2) is 16.0 Å². The van der Waals surface area contributed by atoms with Crippen molar-refractivity contribution in [1.29, 1.82) is 0 Å². The maximum Gasteiger partial charge on any atom is 0.283 e. The SMILES string of the molecule is CC[C@H]1CCCCN1C(=O)CSc1nc(=O)c2c(C)cc(C)nc2n1C1CC1. The fraction of sp³-hybridized carbons (Fsp3) is 0.619. The highest BCUT2D eigenvalue weighted by Gasteiger charge is 2.30. The van der Waals surface area contributed by atoms with Crippen LogP contribution in [-0.2, 0) is 4.79 Å². The minimum atomic E-state index is -0.240. The molecule has 7 heteroatoms. The third kappa shape index (κ3) is 3.69. The lowest BCUT2D eigenvalue weighted by molar-refractivity contribution is -0.132. The van der Waals surface area contributed by atoms with Crippen molar-refractivity contribution in [1.82, 2.24) is 19.4 Å².